The van der Waals surface area contributed by atoms with Gasteiger partial charge in [0.05, 0.1) is 15.9 Å². The van der Waals surface area contributed by atoms with E-state index in [1.165, 1.54) is 12.1 Å². The Balaban J connectivity index is 2.87. The van der Waals surface area contributed by atoms with Gasteiger partial charge in [-0.1, -0.05) is 59.7 Å². The fourth-order valence-electron chi connectivity index (χ4n) is 2.96. The first-order valence-corrected chi connectivity index (χ1v) is 10.5. The summed E-state index contributed by atoms with van der Waals surface area (Å²) in [5, 5.41) is 20.1. The molecule has 147 valence electrons. The molecule has 0 bridgehead atoms. The fourth-order valence-corrected chi connectivity index (χ4v) is 4.31. The number of nitrogens with zero attached hydrogens (tertiary/aromatic N) is 1. The number of phenolic OH excluding ortho intramolecular Hbond substituents is 1. The van der Waals surface area contributed by atoms with E-state index >= 15 is 0 Å². The van der Waals surface area contributed by atoms with Crippen LogP contribution in [-0.4, -0.2) is 13.5 Å². The number of aromatic hydroxyl groups is 1. The summed E-state index contributed by atoms with van der Waals surface area (Å²) < 4.78 is 26.4. The monoisotopic (exact) mass is 396 g/mol. The molecule has 2 aromatic carbocycles. The van der Waals surface area contributed by atoms with Crippen molar-refractivity contribution in [1.82, 2.24) is 0 Å². The Bertz CT molecular complexity index is 1010. The number of hydrogen-bond acceptors (Lipinski definition) is 4. The molecule has 0 amide bonds. The Morgan fingerprint density at radius 2 is 1.61 bits per heavy atom. The molecular weight excluding hydrogens is 370 g/mol. The van der Waals surface area contributed by atoms with Crippen molar-refractivity contribution in [3.8, 4) is 11.8 Å². The van der Waals surface area contributed by atoms with Gasteiger partial charge in [-0.2, -0.15) is 5.26 Å². The van der Waals surface area contributed by atoms with Crippen molar-refractivity contribution >= 4 is 14.7 Å². The molecule has 0 fully saturated rings. The first-order valence-electron chi connectivity index (χ1n) is 9.00. The van der Waals surface area contributed by atoms with Gasteiger partial charge < -0.3 is 5.11 Å². The van der Waals surface area contributed by atoms with E-state index in [2.05, 4.69) is 6.07 Å². The predicted molar refractivity (Wildman–Crippen MR) is 112 cm³/mol. The summed E-state index contributed by atoms with van der Waals surface area (Å²) in [5.41, 5.74) is 0.810. The third-order valence-corrected chi connectivity index (χ3v) is 6.23. The molecule has 5 heteroatoms. The highest BCUT2D eigenvalue weighted by Gasteiger charge is 2.30. The van der Waals surface area contributed by atoms with Crippen LogP contribution in [0.3, 0.4) is 0 Å². The highest BCUT2D eigenvalue weighted by Crippen LogP contribution is 2.42. The second-order valence-corrected chi connectivity index (χ2v) is 10.7. The molecule has 1 radical (unpaired) electrons. The van der Waals surface area contributed by atoms with Gasteiger partial charge in [-0.25, -0.2) is 8.42 Å². The maximum Gasteiger partial charge on any atom is 0.208 e. The largest absolute Gasteiger partial charge is 0.507 e. The van der Waals surface area contributed by atoms with Gasteiger partial charge in [-0.05, 0) is 34.6 Å². The predicted octanol–water partition coefficient (Wildman–Crippen LogP) is 5.13. The van der Waals surface area contributed by atoms with Crippen LogP contribution in [0, 0.1) is 17.4 Å². The van der Waals surface area contributed by atoms with Gasteiger partial charge in [0.1, 0.15) is 5.75 Å². The van der Waals surface area contributed by atoms with Crippen molar-refractivity contribution in [1.29, 1.82) is 5.26 Å². The lowest BCUT2D eigenvalue weighted by Gasteiger charge is -2.28. The minimum absolute atomic E-state index is 0.000748. The van der Waals surface area contributed by atoms with Crippen molar-refractivity contribution in [2.45, 2.75) is 57.3 Å². The summed E-state index contributed by atoms with van der Waals surface area (Å²) in [4.78, 5) is -0.104. The van der Waals surface area contributed by atoms with Crippen molar-refractivity contribution < 1.29 is 13.5 Å². The van der Waals surface area contributed by atoms with E-state index in [1.54, 1.807) is 24.3 Å². The molecule has 0 unspecified atom stereocenters. The van der Waals surface area contributed by atoms with Gasteiger partial charge in [0.25, 0.3) is 0 Å². The number of phenols is 1. The highest BCUT2D eigenvalue weighted by molar-refractivity contribution is 8.00. The zero-order valence-corrected chi connectivity index (χ0v) is 18.0. The van der Waals surface area contributed by atoms with Crippen LogP contribution < -0.4 is 0 Å². The Morgan fingerprint density at radius 1 is 1.07 bits per heavy atom. The number of hydrogen-bond donors (Lipinski definition) is 1. The number of rotatable bonds is 3. The average molecular weight is 397 g/mol. The van der Waals surface area contributed by atoms with E-state index in [0.717, 1.165) is 6.08 Å². The Kier molecular flexibility index (Phi) is 5.77. The number of nitriles is 1. The van der Waals surface area contributed by atoms with Crippen molar-refractivity contribution in [3.05, 3.63) is 65.2 Å². The van der Waals surface area contributed by atoms with Gasteiger partial charge in [-0.15, -0.1) is 0 Å². The van der Waals surface area contributed by atoms with Crippen LogP contribution in [0.1, 0.15) is 58.2 Å². The fraction of sp³-hybridized carbons (Fsp3) is 0.348. The van der Waals surface area contributed by atoms with Crippen LogP contribution in [0.15, 0.2) is 47.4 Å². The van der Waals surface area contributed by atoms with E-state index in [4.69, 9.17) is 0 Å². The molecule has 0 aliphatic carbocycles. The molecule has 0 aromatic heterocycles. The quantitative estimate of drug-likeness (QED) is 0.730. The van der Waals surface area contributed by atoms with E-state index in [0.29, 0.717) is 16.7 Å². The lowest BCUT2D eigenvalue weighted by atomic mass is 9.78. The molecule has 0 aliphatic rings. The molecule has 0 spiro atoms. The maximum absolute atomic E-state index is 13.2. The molecule has 2 aromatic rings. The zero-order valence-electron chi connectivity index (χ0n) is 17.2. The minimum atomic E-state index is -3.95. The molecule has 0 aliphatic heterocycles. The molecule has 0 heterocycles. The van der Waals surface area contributed by atoms with Gasteiger partial charge in [0.2, 0.25) is 9.84 Å². The topological polar surface area (TPSA) is 78.2 Å². The molecule has 0 atom stereocenters. The van der Waals surface area contributed by atoms with E-state index in [1.807, 2.05) is 47.6 Å². The lowest BCUT2D eigenvalue weighted by molar-refractivity contribution is 0.423. The standard InChI is InChI=1S/C23H26NO3S/c1-22(2,3)18-14-16(15-19(21(18)25)23(4,5)6)20(12-13-24)28(26,27)17-10-8-7-9-11-17/h7-10,12,14-15,25H,1-6H3/b20-12-. The second-order valence-electron chi connectivity index (χ2n) is 8.79. The highest BCUT2D eigenvalue weighted by atomic mass is 32.2. The first-order chi connectivity index (χ1) is 12.8. The van der Waals surface area contributed by atoms with E-state index in [-0.39, 0.29) is 15.6 Å². The van der Waals surface area contributed by atoms with Gasteiger partial charge >= 0.3 is 0 Å². The SMILES string of the molecule is CC(C)(C)c1cc(/C(=C/C#N)S(=O)(=O)c2[c]cccc2)cc(C(C)(C)C)c1O. The molecule has 28 heavy (non-hydrogen) atoms. The van der Waals surface area contributed by atoms with E-state index in [9.17, 15) is 18.8 Å². The zero-order chi connectivity index (χ0) is 21.3. The maximum atomic E-state index is 13.2. The molecule has 1 N–H and O–H groups in total. The Labute approximate surface area is 168 Å². The minimum Gasteiger partial charge on any atom is -0.507 e. The molecule has 0 saturated carbocycles. The van der Waals surface area contributed by atoms with Gasteiger partial charge in [-0.3, -0.25) is 0 Å². The molecule has 0 saturated heterocycles. The van der Waals surface area contributed by atoms with Crippen LogP contribution in [-0.2, 0) is 20.7 Å². The summed E-state index contributed by atoms with van der Waals surface area (Å²) in [6, 6.07) is 14.2. The lowest BCUT2D eigenvalue weighted by Crippen LogP contribution is -2.18. The summed E-state index contributed by atoms with van der Waals surface area (Å²) in [6.45, 7) is 11.7. The van der Waals surface area contributed by atoms with E-state index < -0.39 is 20.7 Å². The number of benzene rings is 2. The Morgan fingerprint density at radius 3 is 2.00 bits per heavy atom. The average Bonchev–Trinajstić information content (AvgIpc) is 2.58. The van der Waals surface area contributed by atoms with Crippen LogP contribution in [0.5, 0.6) is 5.75 Å². The van der Waals surface area contributed by atoms with Crippen LogP contribution in [0.2, 0.25) is 0 Å². The third-order valence-electron chi connectivity index (χ3n) is 4.47. The van der Waals surface area contributed by atoms with Crippen molar-refractivity contribution in [2.24, 2.45) is 0 Å². The second kappa shape index (κ2) is 7.44. The van der Waals surface area contributed by atoms with Crippen molar-refractivity contribution in [3.63, 3.8) is 0 Å². The summed E-state index contributed by atoms with van der Waals surface area (Å²) in [7, 11) is -3.95. The Hall–Kier alpha value is -2.58. The number of allylic oxidation sites excluding steroid dienone is 1. The smallest absolute Gasteiger partial charge is 0.208 e. The third kappa shape index (κ3) is 4.28. The summed E-state index contributed by atoms with van der Waals surface area (Å²) >= 11 is 0. The molecular formula is C23H26NO3S. The summed E-state index contributed by atoms with van der Waals surface area (Å²) in [6.07, 6.45) is 1.04. The van der Waals surface area contributed by atoms with Crippen LogP contribution in [0.25, 0.3) is 4.91 Å². The van der Waals surface area contributed by atoms with Crippen LogP contribution >= 0.6 is 0 Å². The molecule has 2 rings (SSSR count). The first kappa shape index (κ1) is 21.7. The van der Waals surface area contributed by atoms with Crippen LogP contribution in [0.4, 0.5) is 0 Å². The number of sulfone groups is 1. The van der Waals surface area contributed by atoms with Crippen molar-refractivity contribution in [2.75, 3.05) is 0 Å². The normalized spacial score (nSPS) is 13.2. The summed E-state index contributed by atoms with van der Waals surface area (Å²) in [5.74, 6) is 0.156. The van der Waals surface area contributed by atoms with Gasteiger partial charge in [0.15, 0.2) is 0 Å². The molecule has 4 nitrogen and oxygen atoms in total. The van der Waals surface area contributed by atoms with Gasteiger partial charge in [0, 0.05) is 23.3 Å².